The van der Waals surface area contributed by atoms with Crippen LogP contribution in [0.1, 0.15) is 33.1 Å². The van der Waals surface area contributed by atoms with Gasteiger partial charge >= 0.3 is 6.03 Å². The molecule has 0 bridgehead atoms. The number of urea groups is 1. The van der Waals surface area contributed by atoms with Gasteiger partial charge in [-0.3, -0.25) is 9.69 Å². The third-order valence-electron chi connectivity index (χ3n) is 3.89. The monoisotopic (exact) mass is 239 g/mol. The first-order chi connectivity index (χ1) is 8.09. The summed E-state index contributed by atoms with van der Waals surface area (Å²) in [5.41, 5.74) is -0.615. The maximum atomic E-state index is 12.4. The van der Waals surface area contributed by atoms with Crippen molar-refractivity contribution in [2.45, 2.75) is 38.6 Å². The summed E-state index contributed by atoms with van der Waals surface area (Å²) in [7, 11) is 0. The fraction of sp³-hybridized carbons (Fsp3) is 0.833. The largest absolute Gasteiger partial charge is 0.325 e. The molecule has 0 aliphatic carbocycles. The van der Waals surface area contributed by atoms with Crippen LogP contribution in [0.25, 0.3) is 0 Å². The quantitative estimate of drug-likeness (QED) is 0.713. The first kappa shape index (κ1) is 12.4. The van der Waals surface area contributed by atoms with Crippen molar-refractivity contribution in [3.8, 4) is 0 Å². The normalized spacial score (nSPS) is 25.2. The Balaban J connectivity index is 2.10. The van der Waals surface area contributed by atoms with Crippen LogP contribution >= 0.6 is 0 Å². The number of nitrogens with one attached hydrogen (secondary N) is 2. The smallest absolute Gasteiger partial charge is 0.323 e. The molecule has 0 aromatic heterocycles. The molecule has 5 heteroatoms. The van der Waals surface area contributed by atoms with Crippen LogP contribution in [0.4, 0.5) is 4.79 Å². The summed E-state index contributed by atoms with van der Waals surface area (Å²) in [5.74, 6) is 0.339. The van der Waals surface area contributed by atoms with Crippen molar-refractivity contribution in [2.24, 2.45) is 5.92 Å². The summed E-state index contributed by atoms with van der Waals surface area (Å²) >= 11 is 0. The Morgan fingerprint density at radius 1 is 1.35 bits per heavy atom. The average molecular weight is 239 g/mol. The van der Waals surface area contributed by atoms with E-state index in [1.54, 1.807) is 0 Å². The molecule has 2 fully saturated rings. The van der Waals surface area contributed by atoms with Crippen molar-refractivity contribution in [3.05, 3.63) is 0 Å². The van der Waals surface area contributed by atoms with Crippen molar-refractivity contribution in [3.63, 3.8) is 0 Å². The average Bonchev–Trinajstić information content (AvgIpc) is 2.55. The summed E-state index contributed by atoms with van der Waals surface area (Å²) in [6, 6.07) is -0.211. The number of nitrogens with zero attached hydrogens (tertiary/aromatic N) is 1. The van der Waals surface area contributed by atoms with Crippen LogP contribution in [0.5, 0.6) is 0 Å². The van der Waals surface area contributed by atoms with E-state index in [1.165, 1.54) is 4.90 Å². The van der Waals surface area contributed by atoms with Gasteiger partial charge in [0.25, 0.3) is 5.91 Å². The highest BCUT2D eigenvalue weighted by atomic mass is 16.2. The van der Waals surface area contributed by atoms with Gasteiger partial charge < -0.3 is 10.6 Å². The van der Waals surface area contributed by atoms with Gasteiger partial charge in [-0.25, -0.2) is 4.79 Å². The lowest BCUT2D eigenvalue weighted by Gasteiger charge is -2.31. The zero-order valence-electron chi connectivity index (χ0n) is 10.6. The second-order valence-electron chi connectivity index (χ2n) is 5.19. The Labute approximate surface area is 102 Å². The maximum Gasteiger partial charge on any atom is 0.325 e. The first-order valence-electron chi connectivity index (χ1n) is 6.44. The molecule has 0 aromatic rings. The van der Waals surface area contributed by atoms with E-state index in [1.807, 2.05) is 0 Å². The van der Waals surface area contributed by atoms with Gasteiger partial charge in [0, 0.05) is 6.54 Å². The number of carbonyl (C=O) groups excluding carboxylic acids is 2. The second-order valence-corrected chi connectivity index (χ2v) is 5.19. The topological polar surface area (TPSA) is 61.4 Å². The van der Waals surface area contributed by atoms with Gasteiger partial charge in [0.1, 0.15) is 5.54 Å². The highest BCUT2D eigenvalue weighted by Crippen LogP contribution is 2.27. The molecule has 2 saturated heterocycles. The molecule has 0 radical (unpaired) electrons. The summed E-state index contributed by atoms with van der Waals surface area (Å²) in [5, 5.41) is 6.11. The highest BCUT2D eigenvalue weighted by Gasteiger charge is 2.51. The second kappa shape index (κ2) is 4.64. The summed E-state index contributed by atoms with van der Waals surface area (Å²) in [6.07, 6.45) is 2.38. The van der Waals surface area contributed by atoms with Crippen molar-refractivity contribution >= 4 is 11.9 Å². The van der Waals surface area contributed by atoms with Crippen LogP contribution in [0, 0.1) is 5.92 Å². The Bertz CT molecular complexity index is 324. The fourth-order valence-electron chi connectivity index (χ4n) is 2.48. The van der Waals surface area contributed by atoms with Gasteiger partial charge in [-0.15, -0.1) is 0 Å². The minimum atomic E-state index is -0.615. The third-order valence-corrected chi connectivity index (χ3v) is 3.89. The van der Waals surface area contributed by atoms with Crippen molar-refractivity contribution < 1.29 is 9.59 Å². The number of hydrogen-bond acceptors (Lipinski definition) is 3. The van der Waals surface area contributed by atoms with E-state index in [0.29, 0.717) is 25.3 Å². The molecule has 5 nitrogen and oxygen atoms in total. The molecule has 1 spiro atoms. The predicted molar refractivity (Wildman–Crippen MR) is 64.5 cm³/mol. The maximum absolute atomic E-state index is 12.4. The van der Waals surface area contributed by atoms with E-state index < -0.39 is 5.54 Å². The Kier molecular flexibility index (Phi) is 3.38. The molecule has 2 aliphatic rings. The lowest BCUT2D eigenvalue weighted by Crippen LogP contribution is -2.54. The summed E-state index contributed by atoms with van der Waals surface area (Å²) in [4.78, 5) is 25.6. The number of hydrogen-bond donors (Lipinski definition) is 2. The Morgan fingerprint density at radius 3 is 2.59 bits per heavy atom. The first-order valence-corrected chi connectivity index (χ1v) is 6.44. The lowest BCUT2D eigenvalue weighted by molar-refractivity contribution is -0.132. The zero-order valence-corrected chi connectivity index (χ0v) is 10.6. The Morgan fingerprint density at radius 2 is 2.00 bits per heavy atom. The van der Waals surface area contributed by atoms with E-state index in [9.17, 15) is 9.59 Å². The molecule has 2 aliphatic heterocycles. The molecule has 2 rings (SSSR count). The van der Waals surface area contributed by atoms with Gasteiger partial charge in [0.15, 0.2) is 0 Å². The van der Waals surface area contributed by atoms with Crippen LogP contribution in [-0.2, 0) is 4.79 Å². The number of amides is 3. The van der Waals surface area contributed by atoms with E-state index >= 15 is 0 Å². The molecule has 0 saturated carbocycles. The van der Waals surface area contributed by atoms with Crippen molar-refractivity contribution in [2.75, 3.05) is 19.6 Å². The van der Waals surface area contributed by atoms with Crippen LogP contribution in [0.3, 0.4) is 0 Å². The number of imide groups is 1. The number of piperidine rings is 1. The van der Waals surface area contributed by atoms with Crippen molar-refractivity contribution in [1.82, 2.24) is 15.5 Å². The number of carbonyl (C=O) groups is 2. The third kappa shape index (κ3) is 2.16. The standard InChI is InChI=1S/C12H21N3O2/c1-3-9(2)8-15-10(16)12(14-11(15)17)4-6-13-7-5-12/h9,13H,3-8H2,1-2H3,(H,14,17). The van der Waals surface area contributed by atoms with Crippen LogP contribution < -0.4 is 10.6 Å². The van der Waals surface area contributed by atoms with Crippen molar-refractivity contribution in [1.29, 1.82) is 0 Å². The highest BCUT2D eigenvalue weighted by molar-refractivity contribution is 6.07. The van der Waals surface area contributed by atoms with Gasteiger partial charge in [-0.2, -0.15) is 0 Å². The summed E-state index contributed by atoms with van der Waals surface area (Å²) < 4.78 is 0. The van der Waals surface area contributed by atoms with E-state index in [2.05, 4.69) is 24.5 Å². The molecular weight excluding hydrogens is 218 g/mol. The summed E-state index contributed by atoms with van der Waals surface area (Å²) in [6.45, 7) is 6.26. The van der Waals surface area contributed by atoms with Gasteiger partial charge in [0.05, 0.1) is 0 Å². The van der Waals surface area contributed by atoms with Crippen LogP contribution in [-0.4, -0.2) is 42.0 Å². The van der Waals surface area contributed by atoms with E-state index in [0.717, 1.165) is 19.5 Å². The van der Waals surface area contributed by atoms with Gasteiger partial charge in [-0.05, 0) is 31.8 Å². The molecular formula is C12H21N3O2. The molecule has 17 heavy (non-hydrogen) atoms. The van der Waals surface area contributed by atoms with Crippen LogP contribution in [0.2, 0.25) is 0 Å². The van der Waals surface area contributed by atoms with Gasteiger partial charge in [0.2, 0.25) is 0 Å². The SMILES string of the molecule is CCC(C)CN1C(=O)NC2(CCNCC2)C1=O. The van der Waals surface area contributed by atoms with Crippen LogP contribution in [0.15, 0.2) is 0 Å². The lowest BCUT2D eigenvalue weighted by atomic mass is 9.88. The molecule has 2 heterocycles. The van der Waals surface area contributed by atoms with E-state index in [4.69, 9.17) is 0 Å². The molecule has 1 unspecified atom stereocenters. The minimum absolute atomic E-state index is 0.0238. The molecule has 1 atom stereocenters. The molecule has 2 N–H and O–H groups in total. The molecule has 0 aromatic carbocycles. The number of rotatable bonds is 3. The minimum Gasteiger partial charge on any atom is -0.323 e. The molecule has 96 valence electrons. The van der Waals surface area contributed by atoms with Gasteiger partial charge in [-0.1, -0.05) is 20.3 Å². The Hall–Kier alpha value is -1.10. The predicted octanol–water partition coefficient (Wildman–Crippen LogP) is 0.707. The zero-order chi connectivity index (χ0) is 12.5. The molecule has 3 amide bonds. The fourth-order valence-corrected chi connectivity index (χ4v) is 2.48. The van der Waals surface area contributed by atoms with E-state index in [-0.39, 0.29) is 11.9 Å².